The van der Waals surface area contributed by atoms with E-state index in [9.17, 15) is 12.8 Å². The maximum atomic E-state index is 14.0. The van der Waals surface area contributed by atoms with Gasteiger partial charge < -0.3 is 0 Å². The zero-order valence-corrected chi connectivity index (χ0v) is 15.4. The van der Waals surface area contributed by atoms with Crippen LogP contribution in [0.25, 0.3) is 0 Å². The predicted octanol–water partition coefficient (Wildman–Crippen LogP) is 2.95. The maximum Gasteiger partial charge on any atom is 0.246 e. The first kappa shape index (κ1) is 18.0. The molecule has 134 valence electrons. The second-order valence-electron chi connectivity index (χ2n) is 6.54. The molecule has 25 heavy (non-hydrogen) atoms. The van der Waals surface area contributed by atoms with Crippen molar-refractivity contribution in [3.8, 4) is 0 Å². The predicted molar refractivity (Wildman–Crippen MR) is 96.4 cm³/mol. The molecule has 2 aromatic carbocycles. The Morgan fingerprint density at radius 1 is 1.00 bits per heavy atom. The Balaban J connectivity index is 1.69. The number of piperazine rings is 1. The number of hydrogen-bond donors (Lipinski definition) is 0. The van der Waals surface area contributed by atoms with Crippen molar-refractivity contribution in [2.75, 3.05) is 26.2 Å². The minimum Gasteiger partial charge on any atom is -0.296 e. The minimum atomic E-state index is -3.79. The summed E-state index contributed by atoms with van der Waals surface area (Å²) >= 11 is 0. The van der Waals surface area contributed by atoms with Gasteiger partial charge in [-0.25, -0.2) is 12.8 Å². The van der Waals surface area contributed by atoms with Crippen LogP contribution >= 0.6 is 0 Å². The minimum absolute atomic E-state index is 0.222. The van der Waals surface area contributed by atoms with Crippen molar-refractivity contribution >= 4 is 10.0 Å². The molecule has 0 radical (unpaired) electrons. The molecule has 0 bridgehead atoms. The third-order valence-corrected chi connectivity index (χ3v) is 6.60. The number of halogens is 1. The maximum absolute atomic E-state index is 14.0. The molecule has 0 N–H and O–H groups in total. The van der Waals surface area contributed by atoms with Gasteiger partial charge in [-0.2, -0.15) is 4.31 Å². The molecule has 0 saturated carbocycles. The molecule has 0 spiro atoms. The van der Waals surface area contributed by atoms with Gasteiger partial charge in [0.2, 0.25) is 10.0 Å². The smallest absolute Gasteiger partial charge is 0.246 e. The summed E-state index contributed by atoms with van der Waals surface area (Å²) in [6.07, 6.45) is 0. The summed E-state index contributed by atoms with van der Waals surface area (Å²) in [4.78, 5) is 2.01. The van der Waals surface area contributed by atoms with Crippen LogP contribution in [0.4, 0.5) is 4.39 Å². The summed E-state index contributed by atoms with van der Waals surface area (Å²) in [6.45, 7) is 6.68. The molecule has 1 fully saturated rings. The number of sulfonamides is 1. The van der Waals surface area contributed by atoms with Gasteiger partial charge in [0.1, 0.15) is 10.7 Å². The van der Waals surface area contributed by atoms with Crippen molar-refractivity contribution < 1.29 is 12.8 Å². The fourth-order valence-corrected chi connectivity index (χ4v) is 4.68. The Labute approximate surface area is 148 Å². The molecular formula is C19H23FN2O2S. The van der Waals surface area contributed by atoms with Crippen molar-refractivity contribution in [3.63, 3.8) is 0 Å². The monoisotopic (exact) mass is 362 g/mol. The van der Waals surface area contributed by atoms with E-state index in [1.54, 1.807) is 13.0 Å². The highest BCUT2D eigenvalue weighted by Crippen LogP contribution is 2.22. The lowest BCUT2D eigenvalue weighted by Crippen LogP contribution is -2.48. The Bertz CT molecular complexity index is 859. The van der Waals surface area contributed by atoms with Gasteiger partial charge in [0, 0.05) is 32.7 Å². The zero-order chi connectivity index (χ0) is 18.0. The fraction of sp³-hybridized carbons (Fsp3) is 0.368. The van der Waals surface area contributed by atoms with E-state index in [1.165, 1.54) is 27.6 Å². The van der Waals surface area contributed by atoms with Crippen molar-refractivity contribution in [2.45, 2.75) is 25.3 Å². The van der Waals surface area contributed by atoms with Gasteiger partial charge in [-0.15, -0.1) is 0 Å². The molecule has 6 heteroatoms. The summed E-state index contributed by atoms with van der Waals surface area (Å²) in [7, 11) is -3.79. The summed E-state index contributed by atoms with van der Waals surface area (Å²) < 4.78 is 40.9. The molecule has 1 aliphatic heterocycles. The molecule has 0 aromatic heterocycles. The van der Waals surface area contributed by atoms with Gasteiger partial charge in [-0.1, -0.05) is 30.3 Å². The van der Waals surface area contributed by atoms with Crippen molar-refractivity contribution in [1.82, 2.24) is 9.21 Å². The number of benzene rings is 2. The Morgan fingerprint density at radius 2 is 1.68 bits per heavy atom. The summed E-state index contributed by atoms with van der Waals surface area (Å²) in [6, 6.07) is 12.4. The SMILES string of the molecule is Cc1ccc(F)c(S(=O)(=O)N2CCN(Cc3ccccc3C)CC2)c1. The quantitative estimate of drug-likeness (QED) is 0.840. The fourth-order valence-electron chi connectivity index (χ4n) is 3.10. The topological polar surface area (TPSA) is 40.6 Å². The zero-order valence-electron chi connectivity index (χ0n) is 14.6. The Kier molecular flexibility index (Phi) is 5.22. The first-order valence-electron chi connectivity index (χ1n) is 8.41. The lowest BCUT2D eigenvalue weighted by molar-refractivity contribution is 0.181. The highest BCUT2D eigenvalue weighted by molar-refractivity contribution is 7.89. The average Bonchev–Trinajstić information content (AvgIpc) is 2.59. The number of aryl methyl sites for hydroxylation is 2. The van der Waals surface area contributed by atoms with Crippen LogP contribution in [0.2, 0.25) is 0 Å². The Hall–Kier alpha value is -1.76. The van der Waals surface area contributed by atoms with Gasteiger partial charge >= 0.3 is 0 Å². The van der Waals surface area contributed by atoms with Crippen molar-refractivity contribution in [2.24, 2.45) is 0 Å². The van der Waals surface area contributed by atoms with Crippen LogP contribution in [0.1, 0.15) is 16.7 Å². The van der Waals surface area contributed by atoms with E-state index in [4.69, 9.17) is 0 Å². The van der Waals surface area contributed by atoms with Crippen LogP contribution in [0.15, 0.2) is 47.4 Å². The van der Waals surface area contributed by atoms with E-state index in [0.717, 1.165) is 12.1 Å². The second-order valence-corrected chi connectivity index (χ2v) is 8.45. The third kappa shape index (κ3) is 3.92. The van der Waals surface area contributed by atoms with Crippen LogP contribution in [0.3, 0.4) is 0 Å². The van der Waals surface area contributed by atoms with Crippen LogP contribution < -0.4 is 0 Å². The van der Waals surface area contributed by atoms with E-state index in [2.05, 4.69) is 24.0 Å². The van der Waals surface area contributed by atoms with E-state index in [-0.39, 0.29) is 4.90 Å². The van der Waals surface area contributed by atoms with E-state index in [1.807, 2.05) is 12.1 Å². The van der Waals surface area contributed by atoms with Crippen LogP contribution in [-0.2, 0) is 16.6 Å². The van der Waals surface area contributed by atoms with Gasteiger partial charge in [0.15, 0.2) is 0 Å². The van der Waals surface area contributed by atoms with Gasteiger partial charge in [0.25, 0.3) is 0 Å². The molecule has 0 amide bonds. The van der Waals surface area contributed by atoms with E-state index in [0.29, 0.717) is 26.2 Å². The number of rotatable bonds is 4. The number of hydrogen-bond acceptors (Lipinski definition) is 3. The third-order valence-electron chi connectivity index (χ3n) is 4.69. The van der Waals surface area contributed by atoms with Crippen LogP contribution in [0, 0.1) is 19.7 Å². The molecule has 0 unspecified atom stereocenters. The van der Waals surface area contributed by atoms with E-state index >= 15 is 0 Å². The average molecular weight is 362 g/mol. The van der Waals surface area contributed by atoms with Crippen molar-refractivity contribution in [1.29, 1.82) is 0 Å². The molecule has 3 rings (SSSR count). The van der Waals surface area contributed by atoms with Crippen LogP contribution in [-0.4, -0.2) is 43.8 Å². The molecule has 0 atom stereocenters. The molecule has 1 heterocycles. The summed E-state index contributed by atoms with van der Waals surface area (Å²) in [5.41, 5.74) is 3.22. The standard InChI is InChI=1S/C19H23FN2O2S/c1-15-7-8-18(20)19(13-15)25(23,24)22-11-9-21(10-12-22)14-17-6-4-3-5-16(17)2/h3-8,13H,9-12,14H2,1-2H3. The van der Waals surface area contributed by atoms with E-state index < -0.39 is 15.8 Å². The molecule has 1 saturated heterocycles. The van der Waals surface area contributed by atoms with Gasteiger partial charge in [0.05, 0.1) is 0 Å². The first-order valence-corrected chi connectivity index (χ1v) is 9.85. The summed E-state index contributed by atoms with van der Waals surface area (Å²) in [5.74, 6) is -0.687. The first-order chi connectivity index (χ1) is 11.9. The van der Waals surface area contributed by atoms with Crippen molar-refractivity contribution in [3.05, 3.63) is 65.0 Å². The Morgan fingerprint density at radius 3 is 2.36 bits per heavy atom. The lowest BCUT2D eigenvalue weighted by Gasteiger charge is -2.34. The largest absolute Gasteiger partial charge is 0.296 e. The number of nitrogens with zero attached hydrogens (tertiary/aromatic N) is 2. The molecular weight excluding hydrogens is 339 g/mol. The highest BCUT2D eigenvalue weighted by atomic mass is 32.2. The molecule has 1 aliphatic rings. The normalized spacial score (nSPS) is 16.9. The summed E-state index contributed by atoms with van der Waals surface area (Å²) in [5, 5.41) is 0. The lowest BCUT2D eigenvalue weighted by atomic mass is 10.1. The molecule has 0 aliphatic carbocycles. The molecule has 4 nitrogen and oxygen atoms in total. The van der Waals surface area contributed by atoms with Gasteiger partial charge in [-0.05, 0) is 42.7 Å². The van der Waals surface area contributed by atoms with Crippen LogP contribution in [0.5, 0.6) is 0 Å². The highest BCUT2D eigenvalue weighted by Gasteiger charge is 2.30. The molecule has 2 aromatic rings. The second kappa shape index (κ2) is 7.23. The van der Waals surface area contributed by atoms with Gasteiger partial charge in [-0.3, -0.25) is 4.90 Å².